The second kappa shape index (κ2) is 8.08. The van der Waals surface area contributed by atoms with Crippen molar-refractivity contribution in [3.8, 4) is 5.75 Å². The van der Waals surface area contributed by atoms with Crippen molar-refractivity contribution in [1.29, 1.82) is 0 Å². The van der Waals surface area contributed by atoms with Gasteiger partial charge in [0.2, 0.25) is 5.91 Å². The maximum atomic E-state index is 14.1. The van der Waals surface area contributed by atoms with Gasteiger partial charge in [-0.2, -0.15) is 0 Å². The van der Waals surface area contributed by atoms with E-state index in [-0.39, 0.29) is 30.0 Å². The van der Waals surface area contributed by atoms with Gasteiger partial charge in [0.25, 0.3) is 0 Å². The molecule has 0 aliphatic carbocycles. The van der Waals surface area contributed by atoms with E-state index in [4.69, 9.17) is 15.6 Å². The van der Waals surface area contributed by atoms with Gasteiger partial charge in [0.05, 0.1) is 0 Å². The van der Waals surface area contributed by atoms with E-state index in [1.165, 1.54) is 29.2 Å². The van der Waals surface area contributed by atoms with Gasteiger partial charge in [-0.05, 0) is 41.8 Å². The standard InChI is InChI=1S/C20H18F2N2O4/c21-16-4-3-13(12-5-7-24(8-6-12)20(26)27)10-18(16)28-11-15-2-1-14(19(23)25)9-17(15)22/h1-5,9-10H,6-8,11H2,(H2,23,25)(H,26,27). The van der Waals surface area contributed by atoms with Crippen molar-refractivity contribution in [2.75, 3.05) is 13.1 Å². The molecule has 28 heavy (non-hydrogen) atoms. The predicted octanol–water partition coefficient (Wildman–Crippen LogP) is 3.41. The largest absolute Gasteiger partial charge is 0.486 e. The fraction of sp³-hybridized carbons (Fsp3) is 0.200. The summed E-state index contributed by atoms with van der Waals surface area (Å²) in [5.41, 5.74) is 6.90. The molecular weight excluding hydrogens is 370 g/mol. The first-order valence-electron chi connectivity index (χ1n) is 8.53. The van der Waals surface area contributed by atoms with Gasteiger partial charge in [-0.15, -0.1) is 0 Å². The van der Waals surface area contributed by atoms with E-state index in [9.17, 15) is 18.4 Å². The molecule has 8 heteroatoms. The number of ether oxygens (including phenoxy) is 1. The van der Waals surface area contributed by atoms with Gasteiger partial charge >= 0.3 is 6.09 Å². The summed E-state index contributed by atoms with van der Waals surface area (Å²) < 4.78 is 33.6. The lowest BCUT2D eigenvalue weighted by atomic mass is 9.99. The molecule has 146 valence electrons. The van der Waals surface area contributed by atoms with Gasteiger partial charge < -0.3 is 20.5 Å². The van der Waals surface area contributed by atoms with E-state index < -0.39 is 23.6 Å². The number of nitrogens with two attached hydrogens (primary N) is 1. The molecule has 0 atom stereocenters. The van der Waals surface area contributed by atoms with Crippen LogP contribution in [0.3, 0.4) is 0 Å². The number of hydrogen-bond donors (Lipinski definition) is 2. The summed E-state index contributed by atoms with van der Waals surface area (Å²) >= 11 is 0. The Morgan fingerprint density at radius 2 is 1.93 bits per heavy atom. The minimum atomic E-state index is -0.984. The molecule has 2 amide bonds. The highest BCUT2D eigenvalue weighted by molar-refractivity contribution is 5.92. The lowest BCUT2D eigenvalue weighted by Crippen LogP contribution is -2.33. The number of carboxylic acid groups (broad SMARTS) is 1. The van der Waals surface area contributed by atoms with Crippen LogP contribution in [0, 0.1) is 11.6 Å². The number of rotatable bonds is 5. The maximum absolute atomic E-state index is 14.1. The van der Waals surface area contributed by atoms with Gasteiger partial charge in [0, 0.05) is 24.2 Å². The van der Waals surface area contributed by atoms with Crippen LogP contribution in [0.4, 0.5) is 13.6 Å². The summed E-state index contributed by atoms with van der Waals surface area (Å²) in [5.74, 6) is -2.05. The third-order valence-electron chi connectivity index (χ3n) is 4.50. The fourth-order valence-corrected chi connectivity index (χ4v) is 2.89. The number of primary amides is 1. The fourth-order valence-electron chi connectivity index (χ4n) is 2.89. The number of hydrogen-bond acceptors (Lipinski definition) is 3. The van der Waals surface area contributed by atoms with Crippen molar-refractivity contribution in [2.45, 2.75) is 13.0 Å². The average Bonchev–Trinajstić information content (AvgIpc) is 2.68. The lowest BCUT2D eigenvalue weighted by molar-refractivity contribution is 0.0999. The minimum Gasteiger partial charge on any atom is -0.486 e. The summed E-state index contributed by atoms with van der Waals surface area (Å²) in [5, 5.41) is 8.99. The normalized spacial score (nSPS) is 13.8. The van der Waals surface area contributed by atoms with Crippen LogP contribution in [0.15, 0.2) is 42.5 Å². The molecule has 0 saturated carbocycles. The van der Waals surface area contributed by atoms with Crippen molar-refractivity contribution in [3.63, 3.8) is 0 Å². The van der Waals surface area contributed by atoms with Gasteiger partial charge in [-0.1, -0.05) is 18.2 Å². The van der Waals surface area contributed by atoms with Gasteiger partial charge in [-0.3, -0.25) is 4.79 Å². The number of benzene rings is 2. The van der Waals surface area contributed by atoms with E-state index in [2.05, 4.69) is 0 Å². The van der Waals surface area contributed by atoms with E-state index in [0.717, 1.165) is 11.6 Å². The summed E-state index contributed by atoms with van der Waals surface area (Å²) in [7, 11) is 0. The second-order valence-electron chi connectivity index (χ2n) is 6.31. The number of amides is 2. The quantitative estimate of drug-likeness (QED) is 0.821. The van der Waals surface area contributed by atoms with Crippen LogP contribution < -0.4 is 10.5 Å². The maximum Gasteiger partial charge on any atom is 0.407 e. The Hall–Kier alpha value is -3.42. The van der Waals surface area contributed by atoms with Crippen LogP contribution in [0.1, 0.15) is 27.9 Å². The Morgan fingerprint density at radius 1 is 1.14 bits per heavy atom. The van der Waals surface area contributed by atoms with E-state index in [1.807, 2.05) is 0 Å². The van der Waals surface area contributed by atoms with Crippen LogP contribution >= 0.6 is 0 Å². The smallest absolute Gasteiger partial charge is 0.407 e. The Balaban J connectivity index is 1.74. The van der Waals surface area contributed by atoms with Gasteiger partial charge in [0.1, 0.15) is 12.4 Å². The zero-order valence-electron chi connectivity index (χ0n) is 14.8. The highest BCUT2D eigenvalue weighted by atomic mass is 19.1. The van der Waals surface area contributed by atoms with Crippen LogP contribution in [0.5, 0.6) is 5.75 Å². The zero-order chi connectivity index (χ0) is 20.3. The second-order valence-corrected chi connectivity index (χ2v) is 6.31. The first-order chi connectivity index (χ1) is 13.3. The molecule has 2 aromatic carbocycles. The molecule has 1 aliphatic heterocycles. The van der Waals surface area contributed by atoms with Crippen molar-refractivity contribution >= 4 is 17.6 Å². The van der Waals surface area contributed by atoms with Gasteiger partial charge in [0.15, 0.2) is 11.6 Å². The Kier molecular flexibility index (Phi) is 5.58. The Morgan fingerprint density at radius 3 is 2.54 bits per heavy atom. The van der Waals surface area contributed by atoms with Crippen molar-refractivity contribution in [3.05, 3.63) is 70.8 Å². The number of carbonyl (C=O) groups excluding carboxylic acids is 1. The van der Waals surface area contributed by atoms with Crippen LogP contribution in [0.25, 0.3) is 5.57 Å². The van der Waals surface area contributed by atoms with Crippen LogP contribution in [0.2, 0.25) is 0 Å². The molecule has 0 fully saturated rings. The first-order valence-corrected chi connectivity index (χ1v) is 8.53. The summed E-state index contributed by atoms with van der Waals surface area (Å²) in [6, 6.07) is 8.09. The summed E-state index contributed by atoms with van der Waals surface area (Å²) in [4.78, 5) is 23.3. The SMILES string of the molecule is NC(=O)c1ccc(COc2cc(C3=CCN(C(=O)O)CC3)ccc2F)c(F)c1. The Bertz CT molecular complexity index is 959. The third-order valence-corrected chi connectivity index (χ3v) is 4.50. The van der Waals surface area contributed by atoms with Crippen LogP contribution in [-0.4, -0.2) is 35.1 Å². The molecule has 1 heterocycles. The summed E-state index contributed by atoms with van der Waals surface area (Å²) in [6.07, 6.45) is 1.29. The summed E-state index contributed by atoms with van der Waals surface area (Å²) in [6.45, 7) is 0.388. The van der Waals surface area contributed by atoms with Gasteiger partial charge in [-0.25, -0.2) is 13.6 Å². The Labute approximate surface area is 159 Å². The molecule has 3 rings (SSSR count). The van der Waals surface area contributed by atoms with Crippen molar-refractivity contribution in [1.82, 2.24) is 4.90 Å². The molecule has 0 radical (unpaired) electrons. The number of halogens is 2. The van der Waals surface area contributed by atoms with E-state index >= 15 is 0 Å². The third kappa shape index (κ3) is 4.28. The number of nitrogens with zero attached hydrogens (tertiary/aromatic N) is 1. The highest BCUT2D eigenvalue weighted by Crippen LogP contribution is 2.28. The molecule has 0 saturated heterocycles. The first kappa shape index (κ1) is 19.3. The highest BCUT2D eigenvalue weighted by Gasteiger charge is 2.18. The molecule has 2 aromatic rings. The molecule has 1 aliphatic rings. The van der Waals surface area contributed by atoms with Crippen LogP contribution in [-0.2, 0) is 6.61 Å². The molecule has 0 bridgehead atoms. The zero-order valence-corrected chi connectivity index (χ0v) is 14.8. The lowest BCUT2D eigenvalue weighted by Gasteiger charge is -2.24. The topological polar surface area (TPSA) is 92.9 Å². The molecule has 0 aromatic heterocycles. The molecule has 0 unspecified atom stereocenters. The van der Waals surface area contributed by atoms with Crippen molar-refractivity contribution < 1.29 is 28.2 Å². The van der Waals surface area contributed by atoms with Crippen molar-refractivity contribution in [2.24, 2.45) is 5.73 Å². The molecule has 0 spiro atoms. The molecule has 3 N–H and O–H groups in total. The van der Waals surface area contributed by atoms with E-state index in [1.54, 1.807) is 12.1 Å². The predicted molar refractivity (Wildman–Crippen MR) is 97.8 cm³/mol. The number of carbonyl (C=O) groups is 2. The average molecular weight is 388 g/mol. The minimum absolute atomic E-state index is 0.0362. The monoisotopic (exact) mass is 388 g/mol. The molecular formula is C20H18F2N2O4. The molecule has 6 nitrogen and oxygen atoms in total. The van der Waals surface area contributed by atoms with E-state index in [0.29, 0.717) is 18.5 Å².